The van der Waals surface area contributed by atoms with Crippen LogP contribution in [-0.4, -0.2) is 20.7 Å². The Morgan fingerprint density at radius 3 is 2.61 bits per heavy atom. The van der Waals surface area contributed by atoms with Crippen molar-refractivity contribution in [1.82, 2.24) is 14.8 Å². The number of carbonyl (C=O) groups is 1. The number of aromatic nitrogens is 3. The molecule has 5 nitrogen and oxygen atoms in total. The van der Waals surface area contributed by atoms with Gasteiger partial charge in [0.1, 0.15) is 5.82 Å². The van der Waals surface area contributed by atoms with Crippen molar-refractivity contribution in [2.45, 2.75) is 33.1 Å². The van der Waals surface area contributed by atoms with Gasteiger partial charge in [-0.05, 0) is 36.1 Å². The number of hydrogen-bond donors (Lipinski definition) is 1. The quantitative estimate of drug-likeness (QED) is 0.516. The maximum Gasteiger partial charge on any atom is 0.229 e. The molecule has 0 saturated carbocycles. The molecular formula is C22H22N4OS. The topological polar surface area (TPSA) is 59.8 Å². The van der Waals surface area contributed by atoms with Gasteiger partial charge in [-0.2, -0.15) is 9.78 Å². The normalized spacial score (nSPS) is 11.3. The van der Waals surface area contributed by atoms with Gasteiger partial charge in [-0.3, -0.25) is 4.79 Å². The van der Waals surface area contributed by atoms with E-state index in [1.54, 1.807) is 16.0 Å². The first-order valence-electron chi connectivity index (χ1n) is 9.31. The largest absolute Gasteiger partial charge is 0.310 e. The fourth-order valence-electron chi connectivity index (χ4n) is 3.08. The highest BCUT2D eigenvalue weighted by Crippen LogP contribution is 2.27. The van der Waals surface area contributed by atoms with Gasteiger partial charge in [0.25, 0.3) is 0 Å². The zero-order valence-corrected chi connectivity index (χ0v) is 17.0. The molecule has 0 saturated heterocycles. The van der Waals surface area contributed by atoms with Crippen LogP contribution in [0.15, 0.2) is 54.6 Å². The Morgan fingerprint density at radius 2 is 1.89 bits per heavy atom. The average Bonchev–Trinajstić information content (AvgIpc) is 3.25. The summed E-state index contributed by atoms with van der Waals surface area (Å²) in [6, 6.07) is 18.0. The molecule has 2 aromatic carbocycles. The lowest BCUT2D eigenvalue weighted by atomic mass is 10.0. The molecule has 1 amide bonds. The molecule has 0 aliphatic carbocycles. The third-order valence-electron chi connectivity index (χ3n) is 4.57. The van der Waals surface area contributed by atoms with Gasteiger partial charge in [-0.15, -0.1) is 0 Å². The molecule has 0 spiro atoms. The molecule has 28 heavy (non-hydrogen) atoms. The summed E-state index contributed by atoms with van der Waals surface area (Å²) in [5.74, 6) is 1.05. The van der Waals surface area contributed by atoms with Crippen molar-refractivity contribution in [2.75, 3.05) is 5.32 Å². The van der Waals surface area contributed by atoms with Crippen LogP contribution in [-0.2, 0) is 11.2 Å². The van der Waals surface area contributed by atoms with Crippen LogP contribution >= 0.6 is 11.3 Å². The summed E-state index contributed by atoms with van der Waals surface area (Å²) in [6.45, 7) is 6.23. The predicted molar refractivity (Wildman–Crippen MR) is 114 cm³/mol. The van der Waals surface area contributed by atoms with Gasteiger partial charge in [0.2, 0.25) is 11.0 Å². The van der Waals surface area contributed by atoms with Gasteiger partial charge in [0, 0.05) is 6.07 Å². The minimum atomic E-state index is -0.0699. The van der Waals surface area contributed by atoms with Crippen molar-refractivity contribution in [3.8, 4) is 5.13 Å². The van der Waals surface area contributed by atoms with Crippen molar-refractivity contribution in [2.24, 2.45) is 0 Å². The zero-order chi connectivity index (χ0) is 19.7. The SMILES string of the molecule is Cc1cc(NC(=O)Cc2ccc(C(C)C)cc2)n(-c2nc3ccccc3s2)n1. The smallest absolute Gasteiger partial charge is 0.229 e. The number of fused-ring (bicyclic) bond motifs is 1. The van der Waals surface area contributed by atoms with E-state index >= 15 is 0 Å². The molecule has 1 N–H and O–H groups in total. The molecule has 0 unspecified atom stereocenters. The van der Waals surface area contributed by atoms with E-state index in [1.807, 2.05) is 49.4 Å². The molecule has 0 aliphatic heterocycles. The van der Waals surface area contributed by atoms with Crippen molar-refractivity contribution >= 4 is 33.3 Å². The number of para-hydroxylation sites is 1. The molecular weight excluding hydrogens is 368 g/mol. The molecule has 142 valence electrons. The highest BCUT2D eigenvalue weighted by atomic mass is 32.1. The first kappa shape index (κ1) is 18.4. The number of hydrogen-bond acceptors (Lipinski definition) is 4. The van der Waals surface area contributed by atoms with E-state index in [9.17, 15) is 4.79 Å². The molecule has 6 heteroatoms. The van der Waals surface area contributed by atoms with Crippen molar-refractivity contribution in [3.05, 3.63) is 71.4 Å². The van der Waals surface area contributed by atoms with Gasteiger partial charge in [-0.1, -0.05) is 61.6 Å². The Kier molecular flexibility index (Phi) is 4.96. The lowest BCUT2D eigenvalue weighted by Crippen LogP contribution is -2.17. The van der Waals surface area contributed by atoms with Gasteiger partial charge in [0.15, 0.2) is 0 Å². The fraction of sp³-hybridized carbons (Fsp3) is 0.227. The van der Waals surface area contributed by atoms with Gasteiger partial charge in [-0.25, -0.2) is 4.98 Å². The molecule has 0 atom stereocenters. The number of anilines is 1. The lowest BCUT2D eigenvalue weighted by Gasteiger charge is -2.08. The van der Waals surface area contributed by atoms with Crippen molar-refractivity contribution < 1.29 is 4.79 Å². The number of nitrogens with zero attached hydrogens (tertiary/aromatic N) is 3. The van der Waals surface area contributed by atoms with Crippen LogP contribution < -0.4 is 5.32 Å². The maximum absolute atomic E-state index is 12.6. The number of aryl methyl sites for hydroxylation is 1. The minimum Gasteiger partial charge on any atom is -0.310 e. The summed E-state index contributed by atoms with van der Waals surface area (Å²) >= 11 is 1.55. The molecule has 0 aliphatic rings. The number of benzene rings is 2. The summed E-state index contributed by atoms with van der Waals surface area (Å²) in [6.07, 6.45) is 0.322. The van der Waals surface area contributed by atoms with E-state index < -0.39 is 0 Å². The van der Waals surface area contributed by atoms with E-state index in [1.165, 1.54) is 5.56 Å². The van der Waals surface area contributed by atoms with Crippen LogP contribution in [0.1, 0.15) is 36.6 Å². The second-order valence-corrected chi connectivity index (χ2v) is 8.18. The summed E-state index contributed by atoms with van der Waals surface area (Å²) in [4.78, 5) is 17.2. The van der Waals surface area contributed by atoms with Gasteiger partial charge < -0.3 is 5.32 Å². The lowest BCUT2D eigenvalue weighted by molar-refractivity contribution is -0.115. The Bertz CT molecular complexity index is 1090. The molecule has 2 aromatic heterocycles. The molecule has 0 bridgehead atoms. The van der Waals surface area contributed by atoms with Gasteiger partial charge >= 0.3 is 0 Å². The highest BCUT2D eigenvalue weighted by molar-refractivity contribution is 7.20. The Morgan fingerprint density at radius 1 is 1.14 bits per heavy atom. The van der Waals surface area contributed by atoms with E-state index in [4.69, 9.17) is 0 Å². The van der Waals surface area contributed by atoms with Crippen LogP contribution in [0.5, 0.6) is 0 Å². The highest BCUT2D eigenvalue weighted by Gasteiger charge is 2.15. The Balaban J connectivity index is 1.54. The maximum atomic E-state index is 12.6. The van der Waals surface area contributed by atoms with Crippen molar-refractivity contribution in [3.63, 3.8) is 0 Å². The number of carbonyl (C=O) groups excluding carboxylic acids is 1. The van der Waals surface area contributed by atoms with Crippen molar-refractivity contribution in [1.29, 1.82) is 0 Å². The van der Waals surface area contributed by atoms with E-state index in [0.717, 1.165) is 26.6 Å². The molecule has 2 heterocycles. The Labute approximate surface area is 168 Å². The number of thiazole rings is 1. The summed E-state index contributed by atoms with van der Waals surface area (Å²) in [7, 11) is 0. The number of nitrogens with one attached hydrogen (secondary N) is 1. The summed E-state index contributed by atoms with van der Waals surface area (Å²) < 4.78 is 2.80. The standard InChI is InChI=1S/C22H22N4OS/c1-14(2)17-10-8-16(9-11-17)13-21(27)24-20-12-15(3)25-26(20)22-23-18-6-4-5-7-19(18)28-22/h4-12,14H,13H2,1-3H3,(H,24,27). The molecule has 4 aromatic rings. The van der Waals surface area contributed by atoms with Crippen LogP contribution in [0, 0.1) is 6.92 Å². The van der Waals surface area contributed by atoms with Crippen LogP contribution in [0.2, 0.25) is 0 Å². The third-order valence-corrected chi connectivity index (χ3v) is 5.59. The van der Waals surface area contributed by atoms with Crippen LogP contribution in [0.4, 0.5) is 5.82 Å². The van der Waals surface area contributed by atoms with Gasteiger partial charge in [0.05, 0.1) is 22.3 Å². The van der Waals surface area contributed by atoms with E-state index in [-0.39, 0.29) is 5.91 Å². The molecule has 0 radical (unpaired) electrons. The second-order valence-electron chi connectivity index (χ2n) is 7.17. The van der Waals surface area contributed by atoms with E-state index in [2.05, 4.69) is 41.4 Å². The summed E-state index contributed by atoms with van der Waals surface area (Å²) in [5.41, 5.74) is 4.02. The first-order valence-corrected chi connectivity index (χ1v) is 10.1. The molecule has 4 rings (SSSR count). The first-order chi connectivity index (χ1) is 13.5. The number of rotatable bonds is 5. The zero-order valence-electron chi connectivity index (χ0n) is 16.1. The number of amides is 1. The third kappa shape index (κ3) is 3.82. The Hall–Kier alpha value is -2.99. The fourth-order valence-corrected chi connectivity index (χ4v) is 4.01. The predicted octanol–water partition coefficient (Wildman–Crippen LogP) is 5.10. The minimum absolute atomic E-state index is 0.0699. The summed E-state index contributed by atoms with van der Waals surface area (Å²) in [5, 5.41) is 8.25. The van der Waals surface area contributed by atoms with Crippen LogP contribution in [0.3, 0.4) is 0 Å². The van der Waals surface area contributed by atoms with E-state index in [0.29, 0.717) is 18.2 Å². The average molecular weight is 391 g/mol. The van der Waals surface area contributed by atoms with Crippen LogP contribution in [0.25, 0.3) is 15.3 Å². The second kappa shape index (κ2) is 7.56. The molecule has 0 fully saturated rings. The monoisotopic (exact) mass is 390 g/mol.